The Hall–Kier alpha value is -2.21. The lowest BCUT2D eigenvalue weighted by Crippen LogP contribution is -2.14. The number of nitrogens with zero attached hydrogens (tertiary/aromatic N) is 2. The fourth-order valence-corrected chi connectivity index (χ4v) is 2.81. The number of aryl methyl sites for hydroxylation is 1. The van der Waals surface area contributed by atoms with Crippen LogP contribution in [0.25, 0.3) is 0 Å². The second-order valence-corrected chi connectivity index (χ2v) is 6.70. The van der Waals surface area contributed by atoms with Gasteiger partial charge >= 0.3 is 0 Å². The molecule has 1 aromatic heterocycles. The number of nitrogens with one attached hydrogen (secondary N) is 1. The third-order valence-corrected chi connectivity index (χ3v) is 4.62. The van der Waals surface area contributed by atoms with E-state index in [1.165, 1.54) is 4.68 Å². The second kappa shape index (κ2) is 7.99. The van der Waals surface area contributed by atoms with Crippen LogP contribution in [-0.4, -0.2) is 15.7 Å². The molecular formula is C18H14Cl3N3O2. The number of ether oxygens (including phenoxy) is 1. The summed E-state index contributed by atoms with van der Waals surface area (Å²) in [5, 5.41) is 8.23. The molecule has 0 aliphatic carbocycles. The van der Waals surface area contributed by atoms with Gasteiger partial charge < -0.3 is 10.1 Å². The minimum atomic E-state index is -0.416. The van der Waals surface area contributed by atoms with Crippen molar-refractivity contribution in [3.05, 3.63) is 75.0 Å². The molecule has 0 fully saturated rings. The highest BCUT2D eigenvalue weighted by Crippen LogP contribution is 2.30. The fraction of sp³-hybridized carbons (Fsp3) is 0.111. The Bertz CT molecular complexity index is 936. The van der Waals surface area contributed by atoms with Gasteiger partial charge in [0.25, 0.3) is 5.91 Å². The molecule has 0 atom stereocenters. The second-order valence-electron chi connectivity index (χ2n) is 5.48. The van der Waals surface area contributed by atoms with Gasteiger partial charge in [0.2, 0.25) is 0 Å². The van der Waals surface area contributed by atoms with Crippen LogP contribution in [-0.2, 0) is 6.73 Å². The van der Waals surface area contributed by atoms with Gasteiger partial charge in [-0.25, -0.2) is 4.68 Å². The summed E-state index contributed by atoms with van der Waals surface area (Å²) in [6.07, 6.45) is 1.64. The normalized spacial score (nSPS) is 10.6. The fourth-order valence-electron chi connectivity index (χ4n) is 2.20. The molecule has 0 aliphatic heterocycles. The first-order valence-corrected chi connectivity index (χ1v) is 8.75. The van der Waals surface area contributed by atoms with E-state index in [1.54, 1.807) is 42.6 Å². The molecule has 8 heteroatoms. The van der Waals surface area contributed by atoms with E-state index in [4.69, 9.17) is 39.5 Å². The zero-order valence-corrected chi connectivity index (χ0v) is 15.9. The maximum Gasteiger partial charge on any atom is 0.276 e. The van der Waals surface area contributed by atoms with Crippen LogP contribution in [0.5, 0.6) is 5.75 Å². The highest BCUT2D eigenvalue weighted by molar-refractivity contribution is 6.40. The summed E-state index contributed by atoms with van der Waals surface area (Å²) in [5.41, 5.74) is 1.49. The summed E-state index contributed by atoms with van der Waals surface area (Å²) < 4.78 is 7.15. The Morgan fingerprint density at radius 1 is 1.12 bits per heavy atom. The standard InChI is InChI=1S/C18H14Cl3N3O2/c1-11-9-12(5-6-13(11)19)26-10-24-8-7-16(23-24)18(25)22-17-14(20)3-2-4-15(17)21/h2-9H,10H2,1H3,(H,22,25). The van der Waals surface area contributed by atoms with Crippen molar-refractivity contribution >= 4 is 46.4 Å². The van der Waals surface area contributed by atoms with Crippen LogP contribution in [0.3, 0.4) is 0 Å². The number of para-hydroxylation sites is 1. The van der Waals surface area contributed by atoms with Crippen LogP contribution in [0, 0.1) is 6.92 Å². The number of carbonyl (C=O) groups excluding carboxylic acids is 1. The van der Waals surface area contributed by atoms with E-state index in [0.717, 1.165) is 5.56 Å². The van der Waals surface area contributed by atoms with Gasteiger partial charge in [-0.2, -0.15) is 5.10 Å². The van der Waals surface area contributed by atoms with E-state index in [0.29, 0.717) is 26.5 Å². The molecule has 26 heavy (non-hydrogen) atoms. The molecular weight excluding hydrogens is 397 g/mol. The molecule has 1 amide bonds. The molecule has 0 saturated carbocycles. The maximum absolute atomic E-state index is 12.3. The number of aromatic nitrogens is 2. The van der Waals surface area contributed by atoms with E-state index in [2.05, 4.69) is 10.4 Å². The third-order valence-electron chi connectivity index (χ3n) is 3.57. The van der Waals surface area contributed by atoms with Gasteiger partial charge in [0.15, 0.2) is 12.4 Å². The van der Waals surface area contributed by atoms with Gasteiger partial charge in [-0.3, -0.25) is 4.79 Å². The van der Waals surface area contributed by atoms with E-state index in [9.17, 15) is 4.79 Å². The van der Waals surface area contributed by atoms with Gasteiger partial charge in [-0.1, -0.05) is 40.9 Å². The van der Waals surface area contributed by atoms with Crippen LogP contribution in [0.2, 0.25) is 15.1 Å². The molecule has 0 radical (unpaired) electrons. The van der Waals surface area contributed by atoms with Crippen LogP contribution >= 0.6 is 34.8 Å². The van der Waals surface area contributed by atoms with Gasteiger partial charge in [-0.05, 0) is 48.9 Å². The molecule has 1 N–H and O–H groups in total. The summed E-state index contributed by atoms with van der Waals surface area (Å²) in [4.78, 5) is 12.3. The van der Waals surface area contributed by atoms with Crippen LogP contribution in [0.1, 0.15) is 16.1 Å². The number of benzene rings is 2. The Balaban J connectivity index is 1.65. The molecule has 5 nitrogen and oxygen atoms in total. The summed E-state index contributed by atoms with van der Waals surface area (Å²) in [5.74, 6) is 0.248. The zero-order chi connectivity index (χ0) is 18.7. The van der Waals surface area contributed by atoms with Gasteiger partial charge in [-0.15, -0.1) is 0 Å². The quantitative estimate of drug-likeness (QED) is 0.609. The first-order chi connectivity index (χ1) is 12.4. The number of carbonyl (C=O) groups is 1. The van der Waals surface area contributed by atoms with Crippen molar-refractivity contribution in [1.82, 2.24) is 9.78 Å². The van der Waals surface area contributed by atoms with E-state index >= 15 is 0 Å². The number of rotatable bonds is 5. The molecule has 0 unspecified atom stereocenters. The molecule has 2 aromatic carbocycles. The lowest BCUT2D eigenvalue weighted by atomic mass is 10.2. The van der Waals surface area contributed by atoms with Crippen LogP contribution in [0.15, 0.2) is 48.7 Å². The lowest BCUT2D eigenvalue weighted by Gasteiger charge is -2.08. The van der Waals surface area contributed by atoms with Crippen molar-refractivity contribution in [2.24, 2.45) is 0 Å². The Morgan fingerprint density at radius 2 is 1.85 bits per heavy atom. The number of anilines is 1. The smallest absolute Gasteiger partial charge is 0.276 e. The van der Waals surface area contributed by atoms with Crippen molar-refractivity contribution < 1.29 is 9.53 Å². The third kappa shape index (κ3) is 4.30. The van der Waals surface area contributed by atoms with Crippen molar-refractivity contribution in [3.8, 4) is 5.75 Å². The first-order valence-electron chi connectivity index (χ1n) is 7.62. The number of amides is 1. The Kier molecular flexibility index (Phi) is 5.71. The average Bonchev–Trinajstić information content (AvgIpc) is 3.08. The van der Waals surface area contributed by atoms with Crippen molar-refractivity contribution in [2.45, 2.75) is 13.7 Å². The monoisotopic (exact) mass is 409 g/mol. The molecule has 3 rings (SSSR count). The molecule has 134 valence electrons. The SMILES string of the molecule is Cc1cc(OCn2ccc(C(=O)Nc3c(Cl)cccc3Cl)n2)ccc1Cl. The number of hydrogen-bond acceptors (Lipinski definition) is 3. The predicted octanol–water partition coefficient (Wildman–Crippen LogP) is 5.44. The van der Waals surface area contributed by atoms with E-state index in [-0.39, 0.29) is 12.4 Å². The minimum absolute atomic E-state index is 0.154. The summed E-state index contributed by atoms with van der Waals surface area (Å²) >= 11 is 18.1. The maximum atomic E-state index is 12.3. The topological polar surface area (TPSA) is 56.1 Å². The highest BCUT2D eigenvalue weighted by atomic mass is 35.5. The van der Waals surface area contributed by atoms with Gasteiger partial charge in [0.05, 0.1) is 15.7 Å². The number of halogens is 3. The molecule has 0 aliphatic rings. The summed E-state index contributed by atoms with van der Waals surface area (Å²) in [7, 11) is 0. The van der Waals surface area contributed by atoms with Crippen LogP contribution < -0.4 is 10.1 Å². The van der Waals surface area contributed by atoms with Crippen molar-refractivity contribution in [3.63, 3.8) is 0 Å². The predicted molar refractivity (Wildman–Crippen MR) is 103 cm³/mol. The van der Waals surface area contributed by atoms with Crippen molar-refractivity contribution in [1.29, 1.82) is 0 Å². The lowest BCUT2D eigenvalue weighted by molar-refractivity contribution is 0.102. The molecule has 3 aromatic rings. The Morgan fingerprint density at radius 3 is 2.54 bits per heavy atom. The first kappa shape index (κ1) is 18.6. The molecule has 0 bridgehead atoms. The average molecular weight is 411 g/mol. The number of hydrogen-bond donors (Lipinski definition) is 1. The summed E-state index contributed by atoms with van der Waals surface area (Å²) in [6, 6.07) is 11.9. The Labute approximate surface area is 165 Å². The van der Waals surface area contributed by atoms with Gasteiger partial charge in [0, 0.05) is 11.2 Å². The highest BCUT2D eigenvalue weighted by Gasteiger charge is 2.14. The van der Waals surface area contributed by atoms with Crippen molar-refractivity contribution in [2.75, 3.05) is 5.32 Å². The molecule has 0 spiro atoms. The molecule has 0 saturated heterocycles. The van der Waals surface area contributed by atoms with E-state index in [1.807, 2.05) is 13.0 Å². The zero-order valence-electron chi connectivity index (χ0n) is 13.7. The van der Waals surface area contributed by atoms with E-state index < -0.39 is 5.91 Å². The molecule has 1 heterocycles. The largest absolute Gasteiger partial charge is 0.471 e. The van der Waals surface area contributed by atoms with Gasteiger partial charge in [0.1, 0.15) is 5.75 Å². The summed E-state index contributed by atoms with van der Waals surface area (Å²) in [6.45, 7) is 2.05. The minimum Gasteiger partial charge on any atom is -0.471 e. The van der Waals surface area contributed by atoms with Crippen LogP contribution in [0.4, 0.5) is 5.69 Å².